The van der Waals surface area contributed by atoms with Crippen LogP contribution in [0.25, 0.3) is 11.0 Å². The summed E-state index contributed by atoms with van der Waals surface area (Å²) in [6.45, 7) is 0.520. The van der Waals surface area contributed by atoms with Gasteiger partial charge in [-0.25, -0.2) is 4.98 Å². The highest BCUT2D eigenvalue weighted by Gasteiger charge is 2.03. The first kappa shape index (κ1) is 12.0. The first-order chi connectivity index (χ1) is 9.35. The topological polar surface area (TPSA) is 62.8 Å². The van der Waals surface area contributed by atoms with Gasteiger partial charge in [-0.1, -0.05) is 0 Å². The lowest BCUT2D eigenvalue weighted by molar-refractivity contribution is 0.306. The molecule has 0 aliphatic carbocycles. The molecule has 0 aliphatic rings. The van der Waals surface area contributed by atoms with Gasteiger partial charge in [-0.15, -0.1) is 0 Å². The molecule has 2 N–H and O–H groups in total. The van der Waals surface area contributed by atoms with E-state index in [-0.39, 0.29) is 0 Å². The fraction of sp³-hybridized carbons (Fsp3) is 0.0769. The van der Waals surface area contributed by atoms with Crippen molar-refractivity contribution in [1.82, 2.24) is 15.0 Å². The number of ether oxygens (including phenoxy) is 1. The van der Waals surface area contributed by atoms with Crippen LogP contribution in [-0.4, -0.2) is 15.0 Å². The number of pyridine rings is 1. The van der Waals surface area contributed by atoms with Gasteiger partial charge in [0.25, 0.3) is 0 Å². The molecular formula is C13H11BrN4O. The van der Waals surface area contributed by atoms with Gasteiger partial charge in [-0.05, 0) is 29.8 Å². The van der Waals surface area contributed by atoms with Gasteiger partial charge in [0, 0.05) is 34.6 Å². The molecule has 0 spiro atoms. The van der Waals surface area contributed by atoms with Gasteiger partial charge in [-0.2, -0.15) is 0 Å². The number of aromatic amines is 1. The van der Waals surface area contributed by atoms with Gasteiger partial charge < -0.3 is 9.72 Å². The van der Waals surface area contributed by atoms with E-state index in [4.69, 9.17) is 4.74 Å². The molecule has 0 aliphatic heterocycles. The average molecular weight is 319 g/mol. The van der Waals surface area contributed by atoms with Crippen molar-refractivity contribution in [2.45, 2.75) is 6.61 Å². The van der Waals surface area contributed by atoms with Crippen LogP contribution in [0.15, 0.2) is 42.7 Å². The van der Waals surface area contributed by atoms with Gasteiger partial charge >= 0.3 is 0 Å². The van der Waals surface area contributed by atoms with Crippen molar-refractivity contribution in [2.75, 3.05) is 4.34 Å². The predicted octanol–water partition coefficient (Wildman–Crippen LogP) is 3.26. The lowest BCUT2D eigenvalue weighted by atomic mass is 10.3. The minimum absolute atomic E-state index is 0.520. The van der Waals surface area contributed by atoms with Gasteiger partial charge in [0.2, 0.25) is 5.95 Å². The molecule has 0 bridgehead atoms. The summed E-state index contributed by atoms with van der Waals surface area (Å²) in [7, 11) is 0. The Labute approximate surface area is 118 Å². The normalized spacial score (nSPS) is 10.6. The Morgan fingerprint density at radius 3 is 2.84 bits per heavy atom. The van der Waals surface area contributed by atoms with Crippen LogP contribution < -0.4 is 9.08 Å². The highest BCUT2D eigenvalue weighted by Crippen LogP contribution is 2.21. The highest BCUT2D eigenvalue weighted by atomic mass is 79.9. The molecule has 6 heteroatoms. The molecule has 3 aromatic rings. The Kier molecular flexibility index (Phi) is 3.33. The van der Waals surface area contributed by atoms with Crippen LogP contribution in [0.1, 0.15) is 5.56 Å². The SMILES string of the molecule is BrNc1nc2ccc(OCc3ccncc3)cc2[nH]1. The molecule has 5 nitrogen and oxygen atoms in total. The number of hydrogen-bond donors (Lipinski definition) is 2. The molecule has 19 heavy (non-hydrogen) atoms. The van der Waals surface area contributed by atoms with Gasteiger partial charge in [-0.3, -0.25) is 9.33 Å². The number of nitrogens with one attached hydrogen (secondary N) is 2. The van der Waals surface area contributed by atoms with Gasteiger partial charge in [0.1, 0.15) is 12.4 Å². The number of halogens is 1. The van der Waals surface area contributed by atoms with E-state index in [0.29, 0.717) is 12.6 Å². The molecule has 0 atom stereocenters. The van der Waals surface area contributed by atoms with Crippen LogP contribution in [0.4, 0.5) is 5.95 Å². The number of rotatable bonds is 4. The van der Waals surface area contributed by atoms with Crippen LogP contribution in [0.5, 0.6) is 5.75 Å². The molecule has 0 amide bonds. The number of hydrogen-bond acceptors (Lipinski definition) is 4. The van der Waals surface area contributed by atoms with Crippen molar-refractivity contribution in [3.63, 3.8) is 0 Å². The van der Waals surface area contributed by atoms with Crippen molar-refractivity contribution in [3.8, 4) is 5.75 Å². The Bertz CT molecular complexity index is 683. The molecule has 0 saturated carbocycles. The zero-order valence-electron chi connectivity index (χ0n) is 9.93. The molecular weight excluding hydrogens is 308 g/mol. The van der Waals surface area contributed by atoms with Crippen molar-refractivity contribution in [2.24, 2.45) is 0 Å². The van der Waals surface area contributed by atoms with E-state index in [0.717, 1.165) is 22.3 Å². The van der Waals surface area contributed by atoms with Crippen LogP contribution in [-0.2, 0) is 6.61 Å². The zero-order chi connectivity index (χ0) is 13.1. The second-order valence-corrected chi connectivity index (χ2v) is 4.40. The molecule has 2 heterocycles. The van der Waals surface area contributed by atoms with Crippen LogP contribution in [0.2, 0.25) is 0 Å². The summed E-state index contributed by atoms with van der Waals surface area (Å²) >= 11 is 3.13. The number of H-pyrrole nitrogens is 1. The summed E-state index contributed by atoms with van der Waals surface area (Å²) in [5.41, 5.74) is 2.90. The lowest BCUT2D eigenvalue weighted by Gasteiger charge is -2.05. The Morgan fingerprint density at radius 1 is 1.21 bits per heavy atom. The van der Waals surface area contributed by atoms with Crippen LogP contribution in [0.3, 0.4) is 0 Å². The van der Waals surface area contributed by atoms with Gasteiger partial charge in [0.05, 0.1) is 11.0 Å². The minimum atomic E-state index is 0.520. The van der Waals surface area contributed by atoms with E-state index in [1.54, 1.807) is 12.4 Å². The number of fused-ring (bicyclic) bond motifs is 1. The molecule has 1 aromatic carbocycles. The zero-order valence-corrected chi connectivity index (χ0v) is 11.5. The third-order valence-electron chi connectivity index (χ3n) is 2.70. The standard InChI is InChI=1S/C13H11BrN4O/c14-18-13-16-11-2-1-10(7-12(11)17-13)19-8-9-3-5-15-6-4-9/h1-7H,8H2,(H2,16,17,18). The summed E-state index contributed by atoms with van der Waals surface area (Å²) in [6.07, 6.45) is 3.51. The summed E-state index contributed by atoms with van der Waals surface area (Å²) < 4.78 is 8.53. The summed E-state index contributed by atoms with van der Waals surface area (Å²) in [4.78, 5) is 11.4. The number of anilines is 1. The second-order valence-electron chi connectivity index (χ2n) is 4.00. The maximum absolute atomic E-state index is 5.74. The monoisotopic (exact) mass is 318 g/mol. The second kappa shape index (κ2) is 5.27. The molecule has 0 unspecified atom stereocenters. The Morgan fingerprint density at radius 2 is 2.05 bits per heavy atom. The fourth-order valence-electron chi connectivity index (χ4n) is 1.77. The van der Waals surface area contributed by atoms with Crippen molar-refractivity contribution < 1.29 is 4.74 Å². The maximum Gasteiger partial charge on any atom is 0.211 e. The number of benzene rings is 1. The Balaban J connectivity index is 1.78. The summed E-state index contributed by atoms with van der Waals surface area (Å²) in [5.74, 6) is 1.47. The third kappa shape index (κ3) is 2.68. The number of aromatic nitrogens is 3. The van der Waals surface area contributed by atoms with Gasteiger partial charge in [0.15, 0.2) is 0 Å². The first-order valence-electron chi connectivity index (χ1n) is 5.73. The van der Waals surface area contributed by atoms with E-state index >= 15 is 0 Å². The van der Waals surface area contributed by atoms with E-state index in [1.165, 1.54) is 0 Å². The molecule has 2 aromatic heterocycles. The van der Waals surface area contributed by atoms with Crippen molar-refractivity contribution in [1.29, 1.82) is 0 Å². The van der Waals surface area contributed by atoms with E-state index in [2.05, 4.69) is 35.4 Å². The highest BCUT2D eigenvalue weighted by molar-refractivity contribution is 9.10. The largest absolute Gasteiger partial charge is 0.489 e. The molecule has 0 saturated heterocycles. The van der Waals surface area contributed by atoms with E-state index in [9.17, 15) is 0 Å². The molecule has 0 radical (unpaired) electrons. The number of nitrogens with zero attached hydrogens (tertiary/aromatic N) is 2. The molecule has 96 valence electrons. The van der Waals surface area contributed by atoms with Crippen LogP contribution in [0, 0.1) is 0 Å². The Hall–Kier alpha value is -2.08. The molecule has 3 rings (SSSR count). The van der Waals surface area contributed by atoms with E-state index in [1.807, 2.05) is 30.3 Å². The summed E-state index contributed by atoms with van der Waals surface area (Å²) in [6, 6.07) is 9.62. The smallest absolute Gasteiger partial charge is 0.211 e. The van der Waals surface area contributed by atoms with Crippen molar-refractivity contribution >= 4 is 33.1 Å². The predicted molar refractivity (Wildman–Crippen MR) is 77.2 cm³/mol. The minimum Gasteiger partial charge on any atom is -0.489 e. The van der Waals surface area contributed by atoms with Crippen molar-refractivity contribution in [3.05, 3.63) is 48.3 Å². The first-order valence-corrected chi connectivity index (χ1v) is 6.52. The third-order valence-corrected chi connectivity index (χ3v) is 3.07. The van der Waals surface area contributed by atoms with E-state index < -0.39 is 0 Å². The number of imidazole rings is 1. The lowest BCUT2D eigenvalue weighted by Crippen LogP contribution is -1.95. The molecule has 0 fully saturated rings. The average Bonchev–Trinajstić information content (AvgIpc) is 2.88. The summed E-state index contributed by atoms with van der Waals surface area (Å²) in [5, 5.41) is 0. The van der Waals surface area contributed by atoms with Crippen LogP contribution >= 0.6 is 16.1 Å². The quantitative estimate of drug-likeness (QED) is 0.725. The fourth-order valence-corrected chi connectivity index (χ4v) is 1.96. The maximum atomic E-state index is 5.74.